The van der Waals surface area contributed by atoms with Crippen molar-refractivity contribution in [2.75, 3.05) is 11.9 Å². The van der Waals surface area contributed by atoms with Gasteiger partial charge in [-0.25, -0.2) is 0 Å². The molecule has 2 aromatic carbocycles. The number of hydrogen-bond acceptors (Lipinski definition) is 4. The maximum atomic E-state index is 9.51. The Morgan fingerprint density at radius 2 is 1.91 bits per heavy atom. The molecule has 0 unspecified atom stereocenters. The Kier molecular flexibility index (Phi) is 3.83. The molecule has 4 nitrogen and oxygen atoms in total. The number of aryl methyl sites for hydroxylation is 1. The molecular formula is C18H18N2O2. The molecule has 3 rings (SSSR count). The van der Waals surface area contributed by atoms with Gasteiger partial charge in [0.05, 0.1) is 5.52 Å². The molecule has 0 fully saturated rings. The van der Waals surface area contributed by atoms with Gasteiger partial charge < -0.3 is 15.5 Å². The number of nitrogens with zero attached hydrogens (tertiary/aromatic N) is 1. The number of phenols is 2. The Morgan fingerprint density at radius 1 is 1.05 bits per heavy atom. The monoisotopic (exact) mass is 294 g/mol. The van der Waals surface area contributed by atoms with Gasteiger partial charge in [0, 0.05) is 23.8 Å². The summed E-state index contributed by atoms with van der Waals surface area (Å²) in [5.41, 5.74) is 4.19. The first-order valence-electron chi connectivity index (χ1n) is 7.24. The average Bonchev–Trinajstić information content (AvgIpc) is 2.52. The van der Waals surface area contributed by atoms with Crippen LogP contribution in [0, 0.1) is 6.92 Å². The lowest BCUT2D eigenvalue weighted by Crippen LogP contribution is -2.05. The van der Waals surface area contributed by atoms with Crippen molar-refractivity contribution in [2.45, 2.75) is 13.3 Å². The Balaban J connectivity index is 1.74. The van der Waals surface area contributed by atoms with Gasteiger partial charge in [-0.3, -0.25) is 4.98 Å². The molecule has 3 N–H and O–H groups in total. The van der Waals surface area contributed by atoms with Crippen LogP contribution in [0.15, 0.2) is 48.7 Å². The lowest BCUT2D eigenvalue weighted by molar-refractivity contribution is 0.403. The molecule has 1 aromatic heterocycles. The molecule has 3 aromatic rings. The van der Waals surface area contributed by atoms with Crippen molar-refractivity contribution in [3.63, 3.8) is 0 Å². The van der Waals surface area contributed by atoms with Crippen molar-refractivity contribution < 1.29 is 10.2 Å². The first-order chi connectivity index (χ1) is 10.6. The summed E-state index contributed by atoms with van der Waals surface area (Å²) in [6.45, 7) is 2.79. The van der Waals surface area contributed by atoms with E-state index in [0.717, 1.165) is 40.7 Å². The fourth-order valence-electron chi connectivity index (χ4n) is 2.54. The minimum atomic E-state index is -0.0905. The second-order valence-electron chi connectivity index (χ2n) is 5.33. The summed E-state index contributed by atoms with van der Waals surface area (Å²) >= 11 is 0. The van der Waals surface area contributed by atoms with Crippen LogP contribution < -0.4 is 5.32 Å². The number of rotatable bonds is 4. The van der Waals surface area contributed by atoms with Crippen molar-refractivity contribution in [3.05, 3.63) is 59.8 Å². The highest BCUT2D eigenvalue weighted by Gasteiger charge is 2.04. The van der Waals surface area contributed by atoms with E-state index in [1.807, 2.05) is 24.4 Å². The second-order valence-corrected chi connectivity index (χ2v) is 5.33. The number of phenolic OH excluding ortho intramolecular Hbond substituents is 2. The van der Waals surface area contributed by atoms with E-state index < -0.39 is 0 Å². The highest BCUT2D eigenvalue weighted by atomic mass is 16.3. The molecular weight excluding hydrogens is 276 g/mol. The molecule has 0 radical (unpaired) electrons. The zero-order valence-corrected chi connectivity index (χ0v) is 12.4. The fraction of sp³-hybridized carbons (Fsp3) is 0.167. The molecule has 0 aliphatic heterocycles. The van der Waals surface area contributed by atoms with E-state index in [-0.39, 0.29) is 11.5 Å². The van der Waals surface area contributed by atoms with Crippen molar-refractivity contribution in [1.82, 2.24) is 4.98 Å². The molecule has 1 heterocycles. The average molecular weight is 294 g/mol. The largest absolute Gasteiger partial charge is 0.504 e. The summed E-state index contributed by atoms with van der Waals surface area (Å²) in [7, 11) is 0. The molecule has 0 bridgehead atoms. The van der Waals surface area contributed by atoms with Gasteiger partial charge in [-0.15, -0.1) is 0 Å². The Morgan fingerprint density at radius 3 is 2.73 bits per heavy atom. The Hall–Kier alpha value is -2.75. The maximum absolute atomic E-state index is 9.51. The van der Waals surface area contributed by atoms with Gasteiger partial charge >= 0.3 is 0 Å². The third-order valence-electron chi connectivity index (χ3n) is 3.74. The summed E-state index contributed by atoms with van der Waals surface area (Å²) in [6.07, 6.45) is 2.56. The number of para-hydroxylation sites is 1. The standard InChI is InChI=1S/C18H18N2O2/c1-12-3-2-4-14-15(8-10-20-18(12)14)19-9-7-13-5-6-16(21)17(22)11-13/h2-6,8,10-11,21-22H,7,9H2,1H3,(H,19,20). The molecule has 22 heavy (non-hydrogen) atoms. The molecule has 0 saturated carbocycles. The summed E-state index contributed by atoms with van der Waals surface area (Å²) in [6, 6.07) is 13.0. The van der Waals surface area contributed by atoms with E-state index in [1.54, 1.807) is 6.07 Å². The van der Waals surface area contributed by atoms with Crippen molar-refractivity contribution in [1.29, 1.82) is 0 Å². The number of aromatic nitrogens is 1. The summed E-state index contributed by atoms with van der Waals surface area (Å²) in [5.74, 6) is -0.171. The van der Waals surface area contributed by atoms with E-state index in [4.69, 9.17) is 0 Å². The number of benzene rings is 2. The number of fused-ring (bicyclic) bond motifs is 1. The maximum Gasteiger partial charge on any atom is 0.157 e. The molecule has 0 saturated heterocycles. The fourth-order valence-corrected chi connectivity index (χ4v) is 2.54. The number of aromatic hydroxyl groups is 2. The molecule has 112 valence electrons. The molecule has 0 atom stereocenters. The normalized spacial score (nSPS) is 10.8. The topological polar surface area (TPSA) is 65.4 Å². The van der Waals surface area contributed by atoms with Crippen molar-refractivity contribution in [2.24, 2.45) is 0 Å². The minimum Gasteiger partial charge on any atom is -0.504 e. The highest BCUT2D eigenvalue weighted by Crippen LogP contribution is 2.26. The van der Waals surface area contributed by atoms with Crippen LogP contribution in [0.4, 0.5) is 5.69 Å². The number of nitrogens with one attached hydrogen (secondary N) is 1. The van der Waals surface area contributed by atoms with E-state index in [2.05, 4.69) is 29.4 Å². The lowest BCUT2D eigenvalue weighted by Gasteiger charge is -2.11. The van der Waals surface area contributed by atoms with E-state index >= 15 is 0 Å². The van der Waals surface area contributed by atoms with Crippen LogP contribution in [0.1, 0.15) is 11.1 Å². The van der Waals surface area contributed by atoms with Crippen molar-refractivity contribution in [3.8, 4) is 11.5 Å². The summed E-state index contributed by atoms with van der Waals surface area (Å²) in [4.78, 5) is 4.43. The summed E-state index contributed by atoms with van der Waals surface area (Å²) in [5, 5.41) is 23.3. The molecule has 0 amide bonds. The highest BCUT2D eigenvalue weighted by molar-refractivity contribution is 5.92. The van der Waals surface area contributed by atoms with E-state index in [1.165, 1.54) is 6.07 Å². The van der Waals surface area contributed by atoms with Gasteiger partial charge in [0.15, 0.2) is 11.5 Å². The minimum absolute atomic E-state index is 0.0810. The quantitative estimate of drug-likeness (QED) is 0.643. The first-order valence-corrected chi connectivity index (χ1v) is 7.24. The van der Waals surface area contributed by atoms with Gasteiger partial charge in [-0.05, 0) is 42.7 Å². The molecule has 4 heteroatoms. The van der Waals surface area contributed by atoms with Crippen LogP contribution in [0.2, 0.25) is 0 Å². The van der Waals surface area contributed by atoms with Gasteiger partial charge in [0.25, 0.3) is 0 Å². The van der Waals surface area contributed by atoms with Crippen LogP contribution in [-0.4, -0.2) is 21.7 Å². The van der Waals surface area contributed by atoms with Crippen LogP contribution in [0.5, 0.6) is 11.5 Å². The second kappa shape index (κ2) is 5.93. The summed E-state index contributed by atoms with van der Waals surface area (Å²) < 4.78 is 0. The number of hydrogen-bond donors (Lipinski definition) is 3. The lowest BCUT2D eigenvalue weighted by atomic mass is 10.1. The molecule has 0 aliphatic carbocycles. The predicted octanol–water partition coefficient (Wildman–Crippen LogP) is 3.61. The Labute approximate surface area is 129 Å². The van der Waals surface area contributed by atoms with E-state index in [0.29, 0.717) is 0 Å². The molecule has 0 spiro atoms. The Bertz CT molecular complexity index is 815. The van der Waals surface area contributed by atoms with Crippen LogP contribution in [0.25, 0.3) is 10.9 Å². The predicted molar refractivity (Wildman–Crippen MR) is 88.4 cm³/mol. The van der Waals surface area contributed by atoms with Gasteiger partial charge in [-0.2, -0.15) is 0 Å². The third-order valence-corrected chi connectivity index (χ3v) is 3.74. The van der Waals surface area contributed by atoms with Crippen molar-refractivity contribution >= 4 is 16.6 Å². The van der Waals surface area contributed by atoms with Crippen LogP contribution in [0.3, 0.4) is 0 Å². The first kappa shape index (κ1) is 14.2. The van der Waals surface area contributed by atoms with Gasteiger partial charge in [0.1, 0.15) is 0 Å². The SMILES string of the molecule is Cc1cccc2c(NCCc3ccc(O)c(O)c3)ccnc12. The number of anilines is 1. The zero-order valence-electron chi connectivity index (χ0n) is 12.4. The van der Waals surface area contributed by atoms with Gasteiger partial charge in [0.2, 0.25) is 0 Å². The number of pyridine rings is 1. The van der Waals surface area contributed by atoms with Crippen LogP contribution in [-0.2, 0) is 6.42 Å². The zero-order chi connectivity index (χ0) is 15.5. The smallest absolute Gasteiger partial charge is 0.157 e. The van der Waals surface area contributed by atoms with Crippen LogP contribution >= 0.6 is 0 Å². The molecule has 0 aliphatic rings. The van der Waals surface area contributed by atoms with E-state index in [9.17, 15) is 10.2 Å². The third kappa shape index (κ3) is 2.81. The van der Waals surface area contributed by atoms with Gasteiger partial charge in [-0.1, -0.05) is 24.3 Å².